The predicted octanol–water partition coefficient (Wildman–Crippen LogP) is -1.25. The Morgan fingerprint density at radius 3 is 2.31 bits per heavy atom. The monoisotopic (exact) mass is 192 g/mol. The number of carbonyl (C=O) groups excluding carboxylic acids is 1. The van der Waals surface area contributed by atoms with Crippen molar-refractivity contribution in [2.24, 2.45) is 0 Å². The van der Waals surface area contributed by atoms with Crippen LogP contribution in [-0.4, -0.2) is 46.1 Å². The average molecular weight is 192 g/mol. The van der Waals surface area contributed by atoms with Crippen LogP contribution in [0.4, 0.5) is 0 Å². The first-order valence-corrected chi connectivity index (χ1v) is 3.68. The highest BCUT2D eigenvalue weighted by Crippen LogP contribution is 1.95. The van der Waals surface area contributed by atoms with Crippen molar-refractivity contribution in [3.63, 3.8) is 0 Å². The minimum atomic E-state index is -1.75. The Labute approximate surface area is 74.7 Å². The van der Waals surface area contributed by atoms with Crippen molar-refractivity contribution < 1.29 is 29.6 Å². The van der Waals surface area contributed by atoms with Gasteiger partial charge in [0.2, 0.25) is 0 Å². The minimum Gasteiger partial charge on any atom is -0.479 e. The summed E-state index contributed by atoms with van der Waals surface area (Å²) in [5.74, 6) is -2.33. The molecule has 0 aromatic rings. The van der Waals surface area contributed by atoms with Gasteiger partial charge in [0.25, 0.3) is 0 Å². The maximum Gasteiger partial charge on any atom is 0.333 e. The molecule has 0 rings (SSSR count). The number of aliphatic hydroxyl groups is 2. The van der Waals surface area contributed by atoms with E-state index in [1.807, 2.05) is 0 Å². The standard InChI is InChI=1S/C7H12O6/c1-4(8)3-13-6(10)2-5(9)7(11)12/h4-5,8-9H,2-3H2,1H3,(H,11,12). The summed E-state index contributed by atoms with van der Waals surface area (Å²) >= 11 is 0. The quantitative estimate of drug-likeness (QED) is 0.470. The summed E-state index contributed by atoms with van der Waals surface area (Å²) in [6, 6.07) is 0. The fourth-order valence-electron chi connectivity index (χ4n) is 0.518. The average Bonchev–Trinajstić information content (AvgIpc) is 2.00. The Kier molecular flexibility index (Phi) is 5.01. The summed E-state index contributed by atoms with van der Waals surface area (Å²) in [5, 5.41) is 25.6. The molecule has 0 heterocycles. The Balaban J connectivity index is 3.68. The molecule has 2 unspecified atom stereocenters. The van der Waals surface area contributed by atoms with E-state index in [4.69, 9.17) is 15.3 Å². The van der Waals surface area contributed by atoms with Crippen LogP contribution in [0.2, 0.25) is 0 Å². The Bertz CT molecular complexity index is 187. The van der Waals surface area contributed by atoms with E-state index >= 15 is 0 Å². The molecule has 0 aliphatic heterocycles. The van der Waals surface area contributed by atoms with Crippen LogP contribution in [-0.2, 0) is 14.3 Å². The predicted molar refractivity (Wildman–Crippen MR) is 40.9 cm³/mol. The smallest absolute Gasteiger partial charge is 0.333 e. The number of carboxylic acid groups (broad SMARTS) is 1. The van der Waals surface area contributed by atoms with Crippen molar-refractivity contribution in [3.05, 3.63) is 0 Å². The number of rotatable bonds is 5. The number of esters is 1. The molecule has 0 aliphatic rings. The lowest BCUT2D eigenvalue weighted by molar-refractivity contribution is -0.157. The van der Waals surface area contributed by atoms with Crippen molar-refractivity contribution in [3.8, 4) is 0 Å². The van der Waals surface area contributed by atoms with Gasteiger partial charge in [-0.2, -0.15) is 0 Å². The summed E-state index contributed by atoms with van der Waals surface area (Å²) in [7, 11) is 0. The second-order valence-corrected chi connectivity index (χ2v) is 2.59. The highest BCUT2D eigenvalue weighted by Gasteiger charge is 2.18. The molecule has 2 atom stereocenters. The van der Waals surface area contributed by atoms with E-state index in [2.05, 4.69) is 4.74 Å². The van der Waals surface area contributed by atoms with Gasteiger partial charge in [0.15, 0.2) is 6.10 Å². The van der Waals surface area contributed by atoms with Gasteiger partial charge in [0.1, 0.15) is 6.61 Å². The van der Waals surface area contributed by atoms with Crippen LogP contribution in [0.15, 0.2) is 0 Å². The molecule has 0 radical (unpaired) electrons. The highest BCUT2D eigenvalue weighted by atomic mass is 16.5. The van der Waals surface area contributed by atoms with E-state index in [-0.39, 0.29) is 6.61 Å². The van der Waals surface area contributed by atoms with Gasteiger partial charge >= 0.3 is 11.9 Å². The zero-order valence-electron chi connectivity index (χ0n) is 7.14. The molecule has 6 heteroatoms. The molecule has 6 nitrogen and oxygen atoms in total. The maximum atomic E-state index is 10.7. The highest BCUT2D eigenvalue weighted by molar-refractivity contribution is 5.80. The summed E-state index contributed by atoms with van der Waals surface area (Å²) in [5.41, 5.74) is 0. The molecule has 76 valence electrons. The molecule has 0 saturated carbocycles. The number of aliphatic carboxylic acids is 1. The molecule has 0 aromatic heterocycles. The lowest BCUT2D eigenvalue weighted by Gasteiger charge is -2.07. The fraction of sp³-hybridized carbons (Fsp3) is 0.714. The van der Waals surface area contributed by atoms with Crippen LogP contribution >= 0.6 is 0 Å². The van der Waals surface area contributed by atoms with E-state index in [9.17, 15) is 9.59 Å². The summed E-state index contributed by atoms with van der Waals surface area (Å²) in [6.45, 7) is 1.21. The van der Waals surface area contributed by atoms with Crippen molar-refractivity contribution in [1.29, 1.82) is 0 Å². The Hall–Kier alpha value is -1.14. The number of carbonyl (C=O) groups is 2. The van der Waals surface area contributed by atoms with Crippen LogP contribution in [0, 0.1) is 0 Å². The van der Waals surface area contributed by atoms with Gasteiger partial charge in [-0.05, 0) is 6.92 Å². The van der Waals surface area contributed by atoms with Crippen molar-refractivity contribution >= 4 is 11.9 Å². The van der Waals surface area contributed by atoms with Crippen LogP contribution in [0.5, 0.6) is 0 Å². The molecule has 13 heavy (non-hydrogen) atoms. The van der Waals surface area contributed by atoms with Gasteiger partial charge in [0, 0.05) is 0 Å². The third-order valence-corrected chi connectivity index (χ3v) is 1.13. The molecule has 0 amide bonds. The van der Waals surface area contributed by atoms with E-state index < -0.39 is 30.6 Å². The molecule has 0 fully saturated rings. The summed E-state index contributed by atoms with van der Waals surface area (Å²) in [4.78, 5) is 20.8. The molecule has 0 bridgehead atoms. The minimum absolute atomic E-state index is 0.203. The second-order valence-electron chi connectivity index (χ2n) is 2.59. The Morgan fingerprint density at radius 1 is 1.38 bits per heavy atom. The van der Waals surface area contributed by atoms with Crippen molar-refractivity contribution in [1.82, 2.24) is 0 Å². The van der Waals surface area contributed by atoms with Gasteiger partial charge in [0.05, 0.1) is 12.5 Å². The summed E-state index contributed by atoms with van der Waals surface area (Å²) in [6.07, 6.45) is -3.16. The number of ether oxygens (including phenoxy) is 1. The lowest BCUT2D eigenvalue weighted by atomic mass is 10.2. The normalized spacial score (nSPS) is 14.7. The van der Waals surface area contributed by atoms with E-state index in [1.165, 1.54) is 6.92 Å². The third kappa shape index (κ3) is 6.06. The van der Waals surface area contributed by atoms with Gasteiger partial charge < -0.3 is 20.1 Å². The Morgan fingerprint density at radius 2 is 1.92 bits per heavy atom. The molecule has 0 aliphatic carbocycles. The van der Waals surface area contributed by atoms with Crippen LogP contribution < -0.4 is 0 Å². The summed E-state index contributed by atoms with van der Waals surface area (Å²) < 4.78 is 4.41. The molecule has 0 saturated heterocycles. The van der Waals surface area contributed by atoms with Crippen molar-refractivity contribution in [2.75, 3.05) is 6.61 Å². The van der Waals surface area contributed by atoms with E-state index in [0.717, 1.165) is 0 Å². The zero-order valence-corrected chi connectivity index (χ0v) is 7.14. The molecule has 0 aromatic carbocycles. The van der Waals surface area contributed by atoms with Gasteiger partial charge in [-0.25, -0.2) is 4.79 Å². The molecular weight excluding hydrogens is 180 g/mol. The second kappa shape index (κ2) is 5.50. The lowest BCUT2D eigenvalue weighted by Crippen LogP contribution is -2.25. The largest absolute Gasteiger partial charge is 0.479 e. The van der Waals surface area contributed by atoms with E-state index in [0.29, 0.717) is 0 Å². The van der Waals surface area contributed by atoms with E-state index in [1.54, 1.807) is 0 Å². The van der Waals surface area contributed by atoms with Gasteiger partial charge in [-0.3, -0.25) is 4.79 Å². The first-order valence-electron chi connectivity index (χ1n) is 3.68. The van der Waals surface area contributed by atoms with Gasteiger partial charge in [-0.1, -0.05) is 0 Å². The molecule has 3 N–H and O–H groups in total. The SMILES string of the molecule is CC(O)COC(=O)CC(O)C(=O)O. The third-order valence-electron chi connectivity index (χ3n) is 1.13. The topological polar surface area (TPSA) is 104 Å². The van der Waals surface area contributed by atoms with Gasteiger partial charge in [-0.15, -0.1) is 0 Å². The van der Waals surface area contributed by atoms with Crippen LogP contribution in [0.3, 0.4) is 0 Å². The molecular formula is C7H12O6. The number of hydrogen-bond donors (Lipinski definition) is 3. The fourth-order valence-corrected chi connectivity index (χ4v) is 0.518. The number of carboxylic acids is 1. The molecule has 0 spiro atoms. The van der Waals surface area contributed by atoms with Crippen molar-refractivity contribution in [2.45, 2.75) is 25.6 Å². The first kappa shape index (κ1) is 11.9. The number of hydrogen-bond acceptors (Lipinski definition) is 5. The van der Waals surface area contributed by atoms with Crippen LogP contribution in [0.25, 0.3) is 0 Å². The zero-order chi connectivity index (χ0) is 10.4. The maximum absolute atomic E-state index is 10.7. The number of aliphatic hydroxyl groups excluding tert-OH is 2. The first-order chi connectivity index (χ1) is 5.93. The van der Waals surface area contributed by atoms with Crippen LogP contribution in [0.1, 0.15) is 13.3 Å².